The molecule has 1 atom stereocenters. The number of carbonyl (C=O) groups excluding carboxylic acids is 1. The molecule has 1 fully saturated rings. The first-order valence-corrected chi connectivity index (χ1v) is 5.26. The zero-order chi connectivity index (χ0) is 11.3. The van der Waals surface area contributed by atoms with Crippen molar-refractivity contribution in [1.82, 2.24) is 4.90 Å². The molecule has 1 aliphatic heterocycles. The summed E-state index contributed by atoms with van der Waals surface area (Å²) in [5, 5.41) is 17.3. The van der Waals surface area contributed by atoms with Gasteiger partial charge in [0, 0.05) is 26.1 Å². The van der Waals surface area contributed by atoms with Crippen molar-refractivity contribution in [3.8, 4) is 0 Å². The second-order valence-electron chi connectivity index (χ2n) is 3.86. The molecule has 0 bridgehead atoms. The van der Waals surface area contributed by atoms with Crippen molar-refractivity contribution in [2.45, 2.75) is 33.1 Å². The van der Waals surface area contributed by atoms with Gasteiger partial charge >= 0.3 is 5.97 Å². The van der Waals surface area contributed by atoms with Crippen LogP contribution in [-0.4, -0.2) is 46.7 Å². The lowest BCUT2D eigenvalue weighted by atomic mass is 10.1. The number of carboxylic acid groups (broad SMARTS) is 1. The van der Waals surface area contributed by atoms with E-state index in [0.717, 1.165) is 19.3 Å². The van der Waals surface area contributed by atoms with Crippen LogP contribution in [0.5, 0.6) is 0 Å². The quantitative estimate of drug-likeness (QED) is 0.660. The molecule has 0 spiro atoms. The first-order valence-electron chi connectivity index (χ1n) is 5.26. The van der Waals surface area contributed by atoms with Crippen LogP contribution in [0.15, 0.2) is 0 Å². The number of aliphatic hydroxyl groups is 1. The molecule has 0 aliphatic carbocycles. The van der Waals surface area contributed by atoms with Gasteiger partial charge in [-0.25, -0.2) is 0 Å². The lowest BCUT2D eigenvalue weighted by molar-refractivity contribution is -0.141. The van der Waals surface area contributed by atoms with E-state index < -0.39 is 11.9 Å². The van der Waals surface area contributed by atoms with E-state index in [-0.39, 0.29) is 26.4 Å². The van der Waals surface area contributed by atoms with E-state index in [9.17, 15) is 9.59 Å². The number of hydrogen-bond donors (Lipinski definition) is 2. The monoisotopic (exact) mass is 231 g/mol. The van der Waals surface area contributed by atoms with Crippen molar-refractivity contribution in [3.63, 3.8) is 0 Å². The Balaban J connectivity index is 0.00000225. The summed E-state index contributed by atoms with van der Waals surface area (Å²) in [6, 6.07) is 0. The Kier molecular flexibility index (Phi) is 6.72. The smallest absolute Gasteiger partial charge is 0.308 e. The summed E-state index contributed by atoms with van der Waals surface area (Å²) in [5.74, 6) is -1.48. The van der Waals surface area contributed by atoms with Gasteiger partial charge in [0.2, 0.25) is 5.91 Å². The molecule has 1 unspecified atom stereocenters. The average molecular weight is 231 g/mol. The van der Waals surface area contributed by atoms with Gasteiger partial charge in [-0.3, -0.25) is 9.59 Å². The maximum absolute atomic E-state index is 11.4. The molecule has 5 nitrogen and oxygen atoms in total. The Bertz CT molecular complexity index is 242. The molecule has 1 heterocycles. The number of carboxylic acids is 1. The molecule has 1 saturated heterocycles. The van der Waals surface area contributed by atoms with Crippen molar-refractivity contribution in [2.75, 3.05) is 19.7 Å². The third-order valence-corrected chi connectivity index (χ3v) is 2.65. The van der Waals surface area contributed by atoms with Crippen molar-refractivity contribution >= 4 is 11.9 Å². The maximum atomic E-state index is 11.4. The molecule has 2 N–H and O–H groups in total. The first-order chi connectivity index (χ1) is 7.15. The Morgan fingerprint density at radius 2 is 2.06 bits per heavy atom. The zero-order valence-electron chi connectivity index (χ0n) is 8.69. The highest BCUT2D eigenvalue weighted by Gasteiger charge is 2.33. The minimum Gasteiger partial charge on any atom is -0.481 e. The van der Waals surface area contributed by atoms with E-state index in [1.54, 1.807) is 4.90 Å². The largest absolute Gasteiger partial charge is 0.481 e. The van der Waals surface area contributed by atoms with Gasteiger partial charge in [-0.2, -0.15) is 0 Å². The van der Waals surface area contributed by atoms with Crippen molar-refractivity contribution in [3.05, 3.63) is 0 Å². The van der Waals surface area contributed by atoms with Crippen LogP contribution in [0, 0.1) is 5.92 Å². The number of amides is 1. The van der Waals surface area contributed by atoms with E-state index in [1.807, 2.05) is 0 Å². The summed E-state index contributed by atoms with van der Waals surface area (Å²) in [6.07, 6.45) is 2.58. The number of unbranched alkanes of at least 4 members (excludes halogenated alkanes) is 2. The second kappa shape index (κ2) is 7.22. The lowest BCUT2D eigenvalue weighted by Gasteiger charge is -2.15. The Labute approximate surface area is 96.1 Å². The SMILES string of the molecule is C.O=C(O)C1CC(=O)N(CCCCCO)C1. The highest BCUT2D eigenvalue weighted by atomic mass is 16.4. The highest BCUT2D eigenvalue weighted by Crippen LogP contribution is 2.18. The van der Waals surface area contributed by atoms with E-state index in [2.05, 4.69) is 0 Å². The standard InChI is InChI=1S/C10H17NO4.CH4/c12-5-3-1-2-4-11-7-8(10(14)15)6-9(11)13;/h8,12H,1-7H2,(H,14,15);1H4. The van der Waals surface area contributed by atoms with E-state index >= 15 is 0 Å². The Morgan fingerprint density at radius 1 is 1.38 bits per heavy atom. The van der Waals surface area contributed by atoms with E-state index in [4.69, 9.17) is 10.2 Å². The van der Waals surface area contributed by atoms with Crippen LogP contribution in [0.4, 0.5) is 0 Å². The molecule has 0 radical (unpaired) electrons. The van der Waals surface area contributed by atoms with Gasteiger partial charge in [0.25, 0.3) is 0 Å². The van der Waals surface area contributed by atoms with Gasteiger partial charge in [0.15, 0.2) is 0 Å². The first kappa shape index (κ1) is 14.9. The summed E-state index contributed by atoms with van der Waals surface area (Å²) < 4.78 is 0. The molecule has 1 aliphatic rings. The van der Waals surface area contributed by atoms with Gasteiger partial charge < -0.3 is 15.1 Å². The van der Waals surface area contributed by atoms with Crippen molar-refractivity contribution < 1.29 is 19.8 Å². The predicted molar refractivity (Wildman–Crippen MR) is 60.0 cm³/mol. The molecule has 1 amide bonds. The lowest BCUT2D eigenvalue weighted by Crippen LogP contribution is -2.27. The fourth-order valence-corrected chi connectivity index (χ4v) is 1.74. The third kappa shape index (κ3) is 4.18. The molecule has 16 heavy (non-hydrogen) atoms. The Hall–Kier alpha value is -1.10. The molecule has 0 aromatic heterocycles. The molecule has 0 aromatic carbocycles. The van der Waals surface area contributed by atoms with Crippen LogP contribution in [0.3, 0.4) is 0 Å². The summed E-state index contributed by atoms with van der Waals surface area (Å²) in [7, 11) is 0. The van der Waals surface area contributed by atoms with Crippen LogP contribution in [0.1, 0.15) is 33.1 Å². The predicted octanol–water partition coefficient (Wildman–Crippen LogP) is 0.718. The average Bonchev–Trinajstić information content (AvgIpc) is 2.55. The fraction of sp³-hybridized carbons (Fsp3) is 0.818. The van der Waals surface area contributed by atoms with Gasteiger partial charge in [-0.05, 0) is 19.3 Å². The van der Waals surface area contributed by atoms with Gasteiger partial charge in [0.1, 0.15) is 0 Å². The van der Waals surface area contributed by atoms with Gasteiger partial charge in [-0.15, -0.1) is 0 Å². The van der Waals surface area contributed by atoms with Crippen molar-refractivity contribution in [2.24, 2.45) is 5.92 Å². The van der Waals surface area contributed by atoms with Crippen LogP contribution >= 0.6 is 0 Å². The third-order valence-electron chi connectivity index (χ3n) is 2.65. The fourth-order valence-electron chi connectivity index (χ4n) is 1.74. The summed E-state index contributed by atoms with van der Waals surface area (Å²) in [5.41, 5.74) is 0. The minimum absolute atomic E-state index is 0. The number of aliphatic hydroxyl groups excluding tert-OH is 1. The zero-order valence-corrected chi connectivity index (χ0v) is 8.69. The number of nitrogens with zero attached hydrogens (tertiary/aromatic N) is 1. The normalized spacial score (nSPS) is 19.7. The number of carbonyl (C=O) groups is 2. The van der Waals surface area contributed by atoms with Crippen LogP contribution in [0.2, 0.25) is 0 Å². The maximum Gasteiger partial charge on any atom is 0.308 e. The number of likely N-dealkylation sites (tertiary alicyclic amines) is 1. The summed E-state index contributed by atoms with van der Waals surface area (Å²) in [6.45, 7) is 1.13. The highest BCUT2D eigenvalue weighted by molar-refractivity contribution is 5.86. The minimum atomic E-state index is -0.888. The molecular formula is C11H21NO4. The van der Waals surface area contributed by atoms with Crippen LogP contribution < -0.4 is 0 Å². The summed E-state index contributed by atoms with van der Waals surface area (Å²) in [4.78, 5) is 23.6. The molecular weight excluding hydrogens is 210 g/mol. The second-order valence-corrected chi connectivity index (χ2v) is 3.86. The topological polar surface area (TPSA) is 77.8 Å². The molecule has 5 heteroatoms. The molecule has 0 aromatic rings. The van der Waals surface area contributed by atoms with Gasteiger partial charge in [0.05, 0.1) is 5.92 Å². The van der Waals surface area contributed by atoms with E-state index in [0.29, 0.717) is 13.1 Å². The van der Waals surface area contributed by atoms with Gasteiger partial charge in [-0.1, -0.05) is 7.43 Å². The molecule has 0 saturated carbocycles. The number of hydrogen-bond acceptors (Lipinski definition) is 3. The molecule has 94 valence electrons. The van der Waals surface area contributed by atoms with E-state index in [1.165, 1.54) is 0 Å². The Morgan fingerprint density at radius 3 is 2.56 bits per heavy atom. The number of aliphatic carboxylic acids is 1. The summed E-state index contributed by atoms with van der Waals surface area (Å²) >= 11 is 0. The number of rotatable bonds is 6. The molecule has 1 rings (SSSR count). The van der Waals surface area contributed by atoms with Crippen LogP contribution in [-0.2, 0) is 9.59 Å². The van der Waals surface area contributed by atoms with Crippen molar-refractivity contribution in [1.29, 1.82) is 0 Å². The van der Waals surface area contributed by atoms with Crippen LogP contribution in [0.25, 0.3) is 0 Å².